The molecule has 0 atom stereocenters. The van der Waals surface area contributed by atoms with Gasteiger partial charge in [0.25, 0.3) is 0 Å². The third-order valence-corrected chi connectivity index (χ3v) is 3.78. The minimum Gasteiger partial charge on any atom is -0.512 e. The van der Waals surface area contributed by atoms with Gasteiger partial charge in [0.1, 0.15) is 6.26 Å². The minimum absolute atomic E-state index is 0.487. The van der Waals surface area contributed by atoms with Crippen LogP contribution in [0.15, 0.2) is 60.6 Å². The first-order valence-electron chi connectivity index (χ1n) is 9.98. The molecule has 0 heterocycles. The molecule has 0 aromatic rings. The van der Waals surface area contributed by atoms with Crippen LogP contribution in [0.25, 0.3) is 0 Å². The Morgan fingerprint density at radius 3 is 1.96 bits per heavy atom. The Bertz CT molecular complexity index is 414. The summed E-state index contributed by atoms with van der Waals surface area (Å²) < 4.78 is 5.33. The number of aliphatic hydroxyl groups is 1. The average molecular weight is 347 g/mol. The summed E-state index contributed by atoms with van der Waals surface area (Å²) in [5.74, 6) is 0.487. The molecule has 142 valence electrons. The van der Waals surface area contributed by atoms with Gasteiger partial charge in [-0.1, -0.05) is 101 Å². The van der Waals surface area contributed by atoms with Crippen LogP contribution in [0, 0.1) is 0 Å². The molecule has 2 nitrogen and oxygen atoms in total. The van der Waals surface area contributed by atoms with E-state index in [1.165, 1.54) is 57.8 Å². The lowest BCUT2D eigenvalue weighted by Gasteiger charge is -2.01. The number of unbranched alkanes of at least 4 members (excludes halogenated alkanes) is 8. The average Bonchev–Trinajstić information content (AvgIpc) is 2.63. The van der Waals surface area contributed by atoms with Gasteiger partial charge in [0.05, 0.1) is 6.61 Å². The predicted octanol–water partition coefficient (Wildman–Crippen LogP) is 7.57. The zero-order valence-corrected chi connectivity index (χ0v) is 16.3. The van der Waals surface area contributed by atoms with Crippen molar-refractivity contribution in [2.45, 2.75) is 78.1 Å². The highest BCUT2D eigenvalue weighted by Crippen LogP contribution is 2.09. The summed E-state index contributed by atoms with van der Waals surface area (Å²) in [6.45, 7) is 4.91. The van der Waals surface area contributed by atoms with Crippen molar-refractivity contribution in [3.63, 3.8) is 0 Å². The second kappa shape index (κ2) is 20.3. The second-order valence-electron chi connectivity index (χ2n) is 6.20. The highest BCUT2D eigenvalue weighted by atomic mass is 16.5. The Balaban J connectivity index is 3.61. The lowest BCUT2D eigenvalue weighted by molar-refractivity contribution is 0.213. The van der Waals surface area contributed by atoms with Gasteiger partial charge >= 0.3 is 0 Å². The molecule has 0 rings (SSSR count). The van der Waals surface area contributed by atoms with Crippen molar-refractivity contribution in [1.82, 2.24) is 0 Å². The standard InChI is InChI=1S/C23H38O2/c1-3-5-6-7-8-9-10-11-12-13-14-15-16-17-18-19-20-23(22-24)25-21-4-2/h13-20,22,24H,3-12,21H2,1-2H3/b14-13+,16-15-,18-17+,20-19+,23-22-. The van der Waals surface area contributed by atoms with Gasteiger partial charge in [-0.3, -0.25) is 0 Å². The number of ether oxygens (including phenoxy) is 1. The first-order valence-corrected chi connectivity index (χ1v) is 9.98. The van der Waals surface area contributed by atoms with Crippen molar-refractivity contribution in [2.75, 3.05) is 6.61 Å². The molecular formula is C23H38O2. The van der Waals surface area contributed by atoms with E-state index in [9.17, 15) is 0 Å². The number of hydrogen-bond donors (Lipinski definition) is 1. The number of aliphatic hydroxyl groups excluding tert-OH is 1. The first-order chi connectivity index (χ1) is 12.3. The quantitative estimate of drug-likeness (QED) is 0.177. The lowest BCUT2D eigenvalue weighted by atomic mass is 10.1. The van der Waals surface area contributed by atoms with Crippen molar-refractivity contribution in [3.05, 3.63) is 60.6 Å². The van der Waals surface area contributed by atoms with Gasteiger partial charge in [-0.15, -0.1) is 0 Å². The van der Waals surface area contributed by atoms with Crippen LogP contribution in [0.4, 0.5) is 0 Å². The van der Waals surface area contributed by atoms with E-state index in [2.05, 4.69) is 19.1 Å². The molecule has 0 aromatic heterocycles. The molecule has 0 saturated heterocycles. The molecular weight excluding hydrogens is 308 g/mol. The maximum Gasteiger partial charge on any atom is 0.153 e. The monoisotopic (exact) mass is 346 g/mol. The molecule has 0 spiro atoms. The van der Waals surface area contributed by atoms with Crippen molar-refractivity contribution in [2.24, 2.45) is 0 Å². The molecule has 2 heteroatoms. The van der Waals surface area contributed by atoms with Crippen molar-refractivity contribution >= 4 is 0 Å². The molecule has 25 heavy (non-hydrogen) atoms. The normalized spacial score (nSPS) is 13.1. The van der Waals surface area contributed by atoms with Crippen LogP contribution in [0.1, 0.15) is 78.1 Å². The summed E-state index contributed by atoms with van der Waals surface area (Å²) in [5.41, 5.74) is 0. The fourth-order valence-corrected chi connectivity index (χ4v) is 2.33. The summed E-state index contributed by atoms with van der Waals surface area (Å²) in [6.07, 6.45) is 29.9. The summed E-state index contributed by atoms with van der Waals surface area (Å²) in [5, 5.41) is 8.99. The van der Waals surface area contributed by atoms with Crippen LogP contribution in [-0.2, 0) is 4.74 Å². The predicted molar refractivity (Wildman–Crippen MR) is 111 cm³/mol. The zero-order chi connectivity index (χ0) is 18.4. The summed E-state index contributed by atoms with van der Waals surface area (Å²) in [6, 6.07) is 0. The van der Waals surface area contributed by atoms with Gasteiger partial charge < -0.3 is 9.84 Å². The lowest BCUT2D eigenvalue weighted by Crippen LogP contribution is -1.90. The number of hydrogen-bond acceptors (Lipinski definition) is 2. The number of allylic oxidation sites excluding steroid dienone is 8. The molecule has 0 aliphatic rings. The molecule has 0 aromatic carbocycles. The Morgan fingerprint density at radius 1 is 0.720 bits per heavy atom. The topological polar surface area (TPSA) is 29.5 Å². The Kier molecular flexibility index (Phi) is 19.0. The smallest absolute Gasteiger partial charge is 0.153 e. The maximum atomic E-state index is 8.99. The Morgan fingerprint density at radius 2 is 1.32 bits per heavy atom. The Hall–Kier alpha value is -1.70. The fourth-order valence-electron chi connectivity index (χ4n) is 2.33. The van der Waals surface area contributed by atoms with Crippen LogP contribution in [0.2, 0.25) is 0 Å². The second-order valence-corrected chi connectivity index (χ2v) is 6.20. The van der Waals surface area contributed by atoms with Crippen LogP contribution in [-0.4, -0.2) is 11.7 Å². The largest absolute Gasteiger partial charge is 0.512 e. The van der Waals surface area contributed by atoms with E-state index in [-0.39, 0.29) is 0 Å². The fraction of sp³-hybridized carbons (Fsp3) is 0.565. The van der Waals surface area contributed by atoms with E-state index in [1.807, 2.05) is 37.3 Å². The minimum atomic E-state index is 0.487. The Labute approximate surface area is 155 Å². The highest BCUT2D eigenvalue weighted by Gasteiger charge is 1.90. The molecule has 0 fully saturated rings. The van der Waals surface area contributed by atoms with Gasteiger partial charge in [-0.05, 0) is 25.3 Å². The van der Waals surface area contributed by atoms with Crippen LogP contribution < -0.4 is 0 Å². The summed E-state index contributed by atoms with van der Waals surface area (Å²) >= 11 is 0. The van der Waals surface area contributed by atoms with Crippen LogP contribution in [0.3, 0.4) is 0 Å². The molecule has 0 saturated carbocycles. The van der Waals surface area contributed by atoms with E-state index in [0.717, 1.165) is 12.7 Å². The number of rotatable bonds is 16. The van der Waals surface area contributed by atoms with Crippen LogP contribution in [0.5, 0.6) is 0 Å². The summed E-state index contributed by atoms with van der Waals surface area (Å²) in [4.78, 5) is 0. The molecule has 0 radical (unpaired) electrons. The van der Waals surface area contributed by atoms with Crippen molar-refractivity contribution in [1.29, 1.82) is 0 Å². The molecule has 0 aliphatic heterocycles. The van der Waals surface area contributed by atoms with Gasteiger partial charge in [-0.2, -0.15) is 0 Å². The van der Waals surface area contributed by atoms with E-state index >= 15 is 0 Å². The zero-order valence-electron chi connectivity index (χ0n) is 16.3. The van der Waals surface area contributed by atoms with E-state index in [4.69, 9.17) is 9.84 Å². The van der Waals surface area contributed by atoms with E-state index in [1.54, 1.807) is 6.08 Å². The third-order valence-electron chi connectivity index (χ3n) is 3.78. The molecule has 0 unspecified atom stereocenters. The van der Waals surface area contributed by atoms with E-state index in [0.29, 0.717) is 12.4 Å². The maximum absolute atomic E-state index is 8.99. The van der Waals surface area contributed by atoms with Crippen molar-refractivity contribution < 1.29 is 9.84 Å². The summed E-state index contributed by atoms with van der Waals surface area (Å²) in [7, 11) is 0. The molecule has 0 amide bonds. The SMILES string of the molecule is CCCCCCCCCC/C=C/C=C\C=C\C=C\C(=C\O)OCCC. The van der Waals surface area contributed by atoms with Gasteiger partial charge in [0.15, 0.2) is 5.76 Å². The van der Waals surface area contributed by atoms with Crippen molar-refractivity contribution in [3.8, 4) is 0 Å². The highest BCUT2D eigenvalue weighted by molar-refractivity contribution is 5.19. The molecule has 0 aliphatic carbocycles. The van der Waals surface area contributed by atoms with Gasteiger partial charge in [0, 0.05) is 0 Å². The van der Waals surface area contributed by atoms with Gasteiger partial charge in [-0.25, -0.2) is 0 Å². The molecule has 1 N–H and O–H groups in total. The molecule has 0 bridgehead atoms. The van der Waals surface area contributed by atoms with E-state index < -0.39 is 0 Å². The first kappa shape index (κ1) is 23.3. The van der Waals surface area contributed by atoms with Gasteiger partial charge in [0.2, 0.25) is 0 Å². The third kappa shape index (κ3) is 18.5. The van der Waals surface area contributed by atoms with Crippen LogP contribution >= 0.6 is 0 Å².